The van der Waals surface area contributed by atoms with E-state index < -0.39 is 12.6 Å². The van der Waals surface area contributed by atoms with Crippen LogP contribution >= 0.6 is 11.3 Å². The van der Waals surface area contributed by atoms with Crippen molar-refractivity contribution in [2.45, 2.75) is 44.9 Å². The summed E-state index contributed by atoms with van der Waals surface area (Å²) in [7, 11) is 0. The quantitative estimate of drug-likeness (QED) is 0.471. The average molecular weight is 475 g/mol. The fourth-order valence-corrected chi connectivity index (χ4v) is 6.12. The first-order chi connectivity index (χ1) is 15.8. The van der Waals surface area contributed by atoms with Crippen LogP contribution in [0.5, 0.6) is 0 Å². The Hall–Kier alpha value is -2.99. The molecule has 0 saturated carbocycles. The van der Waals surface area contributed by atoms with Gasteiger partial charge in [-0.25, -0.2) is 14.5 Å². The second kappa shape index (κ2) is 7.26. The molecule has 6 rings (SSSR count). The number of nitrogens with one attached hydrogen (secondary N) is 2. The molecule has 0 amide bonds. The lowest BCUT2D eigenvalue weighted by atomic mass is 10.0. The monoisotopic (exact) mass is 474 g/mol. The lowest BCUT2D eigenvalue weighted by molar-refractivity contribution is -0.127. The standard InChI is InChI=1S/C21H21F3N8S/c1-10-3-12(7-32-18(10)26-9-27-32)16-15(5-21(22,23)24)17(30-29-16)19-28-11(2)20(33-19)31-8-13-4-14(31)6-25-13/h3,7,9,13-14,25H,4-6,8H2,1-2H3,(H,29,30)/t13-,14-/m0/s1. The summed E-state index contributed by atoms with van der Waals surface area (Å²) in [4.78, 5) is 11.2. The largest absolute Gasteiger partial charge is 0.393 e. The first kappa shape index (κ1) is 20.6. The number of rotatable bonds is 4. The van der Waals surface area contributed by atoms with Crippen LogP contribution in [-0.2, 0) is 6.42 Å². The molecule has 0 aromatic carbocycles. The highest BCUT2D eigenvalue weighted by molar-refractivity contribution is 7.19. The minimum Gasteiger partial charge on any atom is -0.356 e. The van der Waals surface area contributed by atoms with Gasteiger partial charge in [-0.15, -0.1) is 0 Å². The summed E-state index contributed by atoms with van der Waals surface area (Å²) in [5.41, 5.74) is 3.49. The Kier molecular flexibility index (Phi) is 4.53. The normalized spacial score (nSPS) is 20.5. The van der Waals surface area contributed by atoms with Gasteiger partial charge < -0.3 is 10.2 Å². The van der Waals surface area contributed by atoms with Crippen LogP contribution in [-0.4, -0.2) is 61.1 Å². The van der Waals surface area contributed by atoms with Crippen molar-refractivity contribution in [1.82, 2.24) is 35.1 Å². The van der Waals surface area contributed by atoms with Gasteiger partial charge in [0.25, 0.3) is 0 Å². The summed E-state index contributed by atoms with van der Waals surface area (Å²) in [6.45, 7) is 5.58. The Morgan fingerprint density at radius 2 is 2.12 bits per heavy atom. The number of alkyl halides is 3. The Balaban J connectivity index is 1.45. The van der Waals surface area contributed by atoms with Gasteiger partial charge in [0.15, 0.2) is 5.65 Å². The maximum Gasteiger partial charge on any atom is 0.393 e. The number of anilines is 1. The number of fused-ring (bicyclic) bond motifs is 3. The summed E-state index contributed by atoms with van der Waals surface area (Å²) in [6, 6.07) is 2.66. The number of aryl methyl sites for hydroxylation is 2. The van der Waals surface area contributed by atoms with E-state index in [1.165, 1.54) is 17.7 Å². The van der Waals surface area contributed by atoms with Crippen molar-refractivity contribution >= 4 is 22.0 Å². The fourth-order valence-electron chi connectivity index (χ4n) is 4.95. The molecule has 0 spiro atoms. The number of pyridine rings is 1. The van der Waals surface area contributed by atoms with Crippen molar-refractivity contribution in [3.05, 3.63) is 35.4 Å². The van der Waals surface area contributed by atoms with E-state index in [-0.39, 0.29) is 11.3 Å². The number of hydrogen-bond acceptors (Lipinski definition) is 7. The summed E-state index contributed by atoms with van der Waals surface area (Å²) in [6.07, 6.45) is -1.34. The third-order valence-corrected chi connectivity index (χ3v) is 7.59. The van der Waals surface area contributed by atoms with Crippen LogP contribution in [0.2, 0.25) is 0 Å². The van der Waals surface area contributed by atoms with Crippen molar-refractivity contribution in [3.8, 4) is 22.0 Å². The minimum atomic E-state index is -4.39. The highest BCUT2D eigenvalue weighted by Crippen LogP contribution is 2.42. The van der Waals surface area contributed by atoms with Gasteiger partial charge in [-0.2, -0.15) is 23.4 Å². The van der Waals surface area contributed by atoms with E-state index in [0.29, 0.717) is 34.0 Å². The maximum absolute atomic E-state index is 13.6. The zero-order valence-corrected chi connectivity index (χ0v) is 18.8. The van der Waals surface area contributed by atoms with Crippen LogP contribution < -0.4 is 10.2 Å². The van der Waals surface area contributed by atoms with E-state index in [4.69, 9.17) is 0 Å². The molecule has 33 heavy (non-hydrogen) atoms. The van der Waals surface area contributed by atoms with Gasteiger partial charge in [0.05, 0.1) is 23.5 Å². The molecule has 4 aromatic rings. The number of H-pyrrole nitrogens is 1. The van der Waals surface area contributed by atoms with Crippen LogP contribution in [0, 0.1) is 13.8 Å². The second-order valence-electron chi connectivity index (χ2n) is 8.71. The van der Waals surface area contributed by atoms with Gasteiger partial charge in [-0.3, -0.25) is 5.10 Å². The lowest BCUT2D eigenvalue weighted by Gasteiger charge is -2.28. The molecule has 2 fully saturated rings. The molecule has 0 unspecified atom stereocenters. The molecule has 2 aliphatic heterocycles. The lowest BCUT2D eigenvalue weighted by Crippen LogP contribution is -2.43. The minimum absolute atomic E-state index is 0.0891. The topological polar surface area (TPSA) is 87.0 Å². The Bertz CT molecular complexity index is 1350. The van der Waals surface area contributed by atoms with E-state index in [1.54, 1.807) is 16.8 Å². The number of halogens is 3. The van der Waals surface area contributed by atoms with Gasteiger partial charge >= 0.3 is 6.18 Å². The Morgan fingerprint density at radius 3 is 2.85 bits per heavy atom. The molecule has 2 N–H and O–H groups in total. The van der Waals surface area contributed by atoms with E-state index in [1.807, 2.05) is 13.8 Å². The maximum atomic E-state index is 13.6. The zero-order valence-electron chi connectivity index (χ0n) is 17.9. The van der Waals surface area contributed by atoms with Crippen LogP contribution in [0.4, 0.5) is 18.2 Å². The van der Waals surface area contributed by atoms with Crippen molar-refractivity contribution < 1.29 is 13.2 Å². The van der Waals surface area contributed by atoms with Gasteiger partial charge in [0.2, 0.25) is 0 Å². The smallest absolute Gasteiger partial charge is 0.356 e. The number of nitrogens with zero attached hydrogens (tertiary/aromatic N) is 6. The molecular formula is C21H21F3N8S. The molecule has 4 aromatic heterocycles. The third-order valence-electron chi connectivity index (χ3n) is 6.38. The third kappa shape index (κ3) is 3.48. The number of thiazole rings is 1. The molecule has 2 atom stereocenters. The molecule has 8 nitrogen and oxygen atoms in total. The summed E-state index contributed by atoms with van der Waals surface area (Å²) in [5, 5.41) is 16.3. The molecule has 2 aliphatic rings. The van der Waals surface area contributed by atoms with Crippen molar-refractivity contribution in [2.75, 3.05) is 18.0 Å². The number of hydrogen-bond donors (Lipinski definition) is 2. The molecule has 0 radical (unpaired) electrons. The predicted molar refractivity (Wildman–Crippen MR) is 118 cm³/mol. The Morgan fingerprint density at radius 1 is 1.27 bits per heavy atom. The van der Waals surface area contributed by atoms with Gasteiger partial charge in [-0.1, -0.05) is 11.3 Å². The molecule has 6 heterocycles. The van der Waals surface area contributed by atoms with Crippen LogP contribution in [0.15, 0.2) is 18.6 Å². The molecular weight excluding hydrogens is 453 g/mol. The van der Waals surface area contributed by atoms with E-state index >= 15 is 0 Å². The SMILES string of the molecule is Cc1nc(-c2[nH]nc(-c3cc(C)c4ncnn4c3)c2CC(F)(F)F)sc1N1C[C@@H]2C[C@H]1CN2. The first-order valence-corrected chi connectivity index (χ1v) is 11.5. The number of aromatic nitrogens is 6. The molecule has 0 aliphatic carbocycles. The second-order valence-corrected chi connectivity index (χ2v) is 9.69. The number of piperazine rings is 1. The van der Waals surface area contributed by atoms with Crippen LogP contribution in [0.3, 0.4) is 0 Å². The van der Waals surface area contributed by atoms with Gasteiger partial charge in [0, 0.05) is 42.5 Å². The van der Waals surface area contributed by atoms with E-state index in [2.05, 4.69) is 35.5 Å². The first-order valence-electron chi connectivity index (χ1n) is 10.7. The summed E-state index contributed by atoms with van der Waals surface area (Å²) in [5.74, 6) is 0. The van der Waals surface area contributed by atoms with E-state index in [0.717, 1.165) is 35.8 Å². The van der Waals surface area contributed by atoms with Crippen LogP contribution in [0.1, 0.15) is 23.2 Å². The highest BCUT2D eigenvalue weighted by Gasteiger charge is 2.39. The summed E-state index contributed by atoms with van der Waals surface area (Å²) >= 11 is 1.43. The van der Waals surface area contributed by atoms with Crippen LogP contribution in [0.25, 0.3) is 27.6 Å². The summed E-state index contributed by atoms with van der Waals surface area (Å²) < 4.78 is 42.4. The molecule has 2 saturated heterocycles. The van der Waals surface area contributed by atoms with Gasteiger partial charge in [-0.05, 0) is 31.9 Å². The average Bonchev–Trinajstić information content (AvgIpc) is 3.55. The molecule has 12 heteroatoms. The van der Waals surface area contributed by atoms with Crippen molar-refractivity contribution in [3.63, 3.8) is 0 Å². The molecule has 172 valence electrons. The Labute approximate surface area is 190 Å². The zero-order chi connectivity index (χ0) is 22.9. The predicted octanol–water partition coefficient (Wildman–Crippen LogP) is 3.52. The molecule has 2 bridgehead atoms. The van der Waals surface area contributed by atoms with Crippen molar-refractivity contribution in [2.24, 2.45) is 0 Å². The highest BCUT2D eigenvalue weighted by atomic mass is 32.1. The number of aromatic amines is 1. The fraction of sp³-hybridized carbons (Fsp3) is 0.429. The van der Waals surface area contributed by atoms with E-state index in [9.17, 15) is 13.2 Å². The van der Waals surface area contributed by atoms with Crippen molar-refractivity contribution in [1.29, 1.82) is 0 Å². The van der Waals surface area contributed by atoms with Gasteiger partial charge in [0.1, 0.15) is 16.3 Å².